The summed E-state index contributed by atoms with van der Waals surface area (Å²) >= 11 is 0. The Labute approximate surface area is 74.5 Å². The molecule has 0 saturated carbocycles. The summed E-state index contributed by atoms with van der Waals surface area (Å²) in [5.74, 6) is -0.476. The number of amides is 1. The van der Waals surface area contributed by atoms with Crippen LogP contribution in [0.1, 0.15) is 10.5 Å². The first kappa shape index (κ1) is 7.67. The fourth-order valence-corrected chi connectivity index (χ4v) is 1.31. The van der Waals surface area contributed by atoms with Gasteiger partial charge in [0.25, 0.3) is 5.91 Å². The van der Waals surface area contributed by atoms with Crippen molar-refractivity contribution in [3.8, 4) is 0 Å². The number of hydrogen-bond donors (Lipinski definition) is 3. The second-order valence-electron chi connectivity index (χ2n) is 2.86. The highest BCUT2D eigenvalue weighted by molar-refractivity contribution is 6.00. The number of aromatic nitrogens is 1. The largest absolute Gasteiger partial charge is 0.398 e. The van der Waals surface area contributed by atoms with E-state index in [1.165, 1.54) is 0 Å². The normalized spacial score (nSPS) is 10.5. The lowest BCUT2D eigenvalue weighted by molar-refractivity contribution is 0.0996. The van der Waals surface area contributed by atoms with Crippen LogP contribution < -0.4 is 11.5 Å². The molecule has 0 aliphatic carbocycles. The number of nitrogens with one attached hydrogen (secondary N) is 1. The molecule has 1 amide bonds. The third-order valence-electron chi connectivity index (χ3n) is 1.96. The Balaban J connectivity index is 2.75. The molecule has 13 heavy (non-hydrogen) atoms. The zero-order valence-corrected chi connectivity index (χ0v) is 6.87. The second-order valence-corrected chi connectivity index (χ2v) is 2.86. The molecule has 5 N–H and O–H groups in total. The molecule has 0 spiro atoms. The average Bonchev–Trinajstić information content (AvgIpc) is 2.49. The van der Waals surface area contributed by atoms with Gasteiger partial charge in [-0.1, -0.05) is 6.07 Å². The minimum Gasteiger partial charge on any atom is -0.398 e. The van der Waals surface area contributed by atoms with E-state index < -0.39 is 5.91 Å². The van der Waals surface area contributed by atoms with Crippen molar-refractivity contribution in [1.82, 2.24) is 4.98 Å². The van der Waals surface area contributed by atoms with Crippen LogP contribution in [0.25, 0.3) is 10.9 Å². The van der Waals surface area contributed by atoms with E-state index in [4.69, 9.17) is 11.5 Å². The van der Waals surface area contributed by atoms with Gasteiger partial charge in [-0.15, -0.1) is 0 Å². The van der Waals surface area contributed by atoms with E-state index in [1.807, 2.05) is 12.1 Å². The average molecular weight is 175 g/mol. The molecule has 0 aliphatic rings. The van der Waals surface area contributed by atoms with Crippen LogP contribution in [0.5, 0.6) is 0 Å². The van der Waals surface area contributed by atoms with Crippen LogP contribution in [0, 0.1) is 0 Å². The summed E-state index contributed by atoms with van der Waals surface area (Å²) in [6.07, 6.45) is 0. The highest BCUT2D eigenvalue weighted by atomic mass is 16.1. The monoisotopic (exact) mass is 175 g/mol. The van der Waals surface area contributed by atoms with Crippen LogP contribution in [0.15, 0.2) is 24.3 Å². The molecule has 66 valence electrons. The van der Waals surface area contributed by atoms with Gasteiger partial charge in [0, 0.05) is 16.6 Å². The molecule has 4 nitrogen and oxygen atoms in total. The van der Waals surface area contributed by atoms with E-state index in [0.29, 0.717) is 11.4 Å². The first-order valence-corrected chi connectivity index (χ1v) is 3.85. The number of H-pyrrole nitrogens is 1. The van der Waals surface area contributed by atoms with Crippen LogP contribution in [0.4, 0.5) is 5.69 Å². The van der Waals surface area contributed by atoms with E-state index in [2.05, 4.69) is 4.98 Å². The number of carbonyl (C=O) groups is 1. The number of anilines is 1. The lowest BCUT2D eigenvalue weighted by atomic mass is 10.2. The van der Waals surface area contributed by atoms with E-state index in [1.54, 1.807) is 12.1 Å². The summed E-state index contributed by atoms with van der Waals surface area (Å²) in [5, 5.41) is 0.830. The standard InChI is InChI=1S/C9H9N3O/c10-6-2-1-3-7-5(6)4-8(12-7)9(11)13/h1-4,12H,10H2,(H2,11,13). The van der Waals surface area contributed by atoms with Crippen molar-refractivity contribution in [2.75, 3.05) is 5.73 Å². The highest BCUT2D eigenvalue weighted by Crippen LogP contribution is 2.21. The topological polar surface area (TPSA) is 84.9 Å². The van der Waals surface area contributed by atoms with Crippen LogP contribution in [-0.4, -0.2) is 10.9 Å². The highest BCUT2D eigenvalue weighted by Gasteiger charge is 2.06. The quantitative estimate of drug-likeness (QED) is 0.561. The van der Waals surface area contributed by atoms with Crippen molar-refractivity contribution in [3.05, 3.63) is 30.0 Å². The molecule has 0 atom stereocenters. The second kappa shape index (κ2) is 2.52. The smallest absolute Gasteiger partial charge is 0.265 e. The van der Waals surface area contributed by atoms with Gasteiger partial charge in [-0.3, -0.25) is 4.79 Å². The first-order chi connectivity index (χ1) is 6.18. The van der Waals surface area contributed by atoms with Gasteiger partial charge >= 0.3 is 0 Å². The Morgan fingerprint density at radius 2 is 2.15 bits per heavy atom. The number of aromatic amines is 1. The number of nitrogen functional groups attached to an aromatic ring is 1. The third kappa shape index (κ3) is 1.12. The van der Waals surface area contributed by atoms with Gasteiger partial charge in [-0.2, -0.15) is 0 Å². The number of nitrogens with two attached hydrogens (primary N) is 2. The maximum absolute atomic E-state index is 10.8. The van der Waals surface area contributed by atoms with E-state index in [9.17, 15) is 4.79 Å². The van der Waals surface area contributed by atoms with Gasteiger partial charge in [0.2, 0.25) is 0 Å². The first-order valence-electron chi connectivity index (χ1n) is 3.85. The lowest BCUT2D eigenvalue weighted by Crippen LogP contribution is -2.10. The molecule has 0 radical (unpaired) electrons. The molecule has 0 saturated heterocycles. The van der Waals surface area contributed by atoms with Gasteiger partial charge in [-0.25, -0.2) is 0 Å². The lowest BCUT2D eigenvalue weighted by Gasteiger charge is -1.92. The molecule has 4 heteroatoms. The van der Waals surface area contributed by atoms with Crippen molar-refractivity contribution >= 4 is 22.5 Å². The molecular formula is C9H9N3O. The van der Waals surface area contributed by atoms with Crippen molar-refractivity contribution in [2.45, 2.75) is 0 Å². The maximum atomic E-state index is 10.8. The minimum absolute atomic E-state index is 0.382. The summed E-state index contributed by atoms with van der Waals surface area (Å²) in [6, 6.07) is 7.10. The molecule has 0 unspecified atom stereocenters. The predicted molar refractivity (Wildman–Crippen MR) is 51.2 cm³/mol. The molecule has 0 bridgehead atoms. The maximum Gasteiger partial charge on any atom is 0.265 e. The van der Waals surface area contributed by atoms with Crippen LogP contribution in [0.3, 0.4) is 0 Å². The van der Waals surface area contributed by atoms with Crippen molar-refractivity contribution in [3.63, 3.8) is 0 Å². The van der Waals surface area contributed by atoms with Gasteiger partial charge in [0.05, 0.1) is 0 Å². The summed E-state index contributed by atoms with van der Waals surface area (Å²) in [7, 11) is 0. The fourth-order valence-electron chi connectivity index (χ4n) is 1.31. The van der Waals surface area contributed by atoms with Crippen molar-refractivity contribution in [1.29, 1.82) is 0 Å². The van der Waals surface area contributed by atoms with Gasteiger partial charge in [0.1, 0.15) is 5.69 Å². The molecule has 2 rings (SSSR count). The summed E-state index contributed by atoms with van der Waals surface area (Å²) in [5.41, 5.74) is 12.7. The molecular weight excluding hydrogens is 166 g/mol. The Morgan fingerprint density at radius 3 is 2.77 bits per heavy atom. The van der Waals surface area contributed by atoms with Crippen LogP contribution in [-0.2, 0) is 0 Å². The van der Waals surface area contributed by atoms with Crippen LogP contribution >= 0.6 is 0 Å². The number of primary amides is 1. The molecule has 1 aromatic carbocycles. The molecule has 2 aromatic rings. The molecule has 0 fully saturated rings. The third-order valence-corrected chi connectivity index (χ3v) is 1.96. The molecule has 1 heterocycles. The predicted octanol–water partition coefficient (Wildman–Crippen LogP) is 0.849. The van der Waals surface area contributed by atoms with Gasteiger partial charge in [0.15, 0.2) is 0 Å². The van der Waals surface area contributed by atoms with Crippen molar-refractivity contribution < 1.29 is 4.79 Å². The summed E-state index contributed by atoms with van der Waals surface area (Å²) in [4.78, 5) is 13.7. The Morgan fingerprint density at radius 1 is 1.38 bits per heavy atom. The van der Waals surface area contributed by atoms with Crippen LogP contribution in [0.2, 0.25) is 0 Å². The van der Waals surface area contributed by atoms with Gasteiger partial charge < -0.3 is 16.5 Å². The number of rotatable bonds is 1. The number of carbonyl (C=O) groups excluding carboxylic acids is 1. The van der Waals surface area contributed by atoms with E-state index in [0.717, 1.165) is 10.9 Å². The summed E-state index contributed by atoms with van der Waals surface area (Å²) in [6.45, 7) is 0. The van der Waals surface area contributed by atoms with Gasteiger partial charge in [-0.05, 0) is 18.2 Å². The number of fused-ring (bicyclic) bond motifs is 1. The Hall–Kier alpha value is -1.97. The Kier molecular flexibility index (Phi) is 1.48. The Bertz CT molecular complexity index is 473. The van der Waals surface area contributed by atoms with E-state index >= 15 is 0 Å². The number of benzene rings is 1. The molecule has 1 aromatic heterocycles. The zero-order valence-electron chi connectivity index (χ0n) is 6.87. The SMILES string of the molecule is NC(=O)c1cc2c(N)cccc2[nH]1. The fraction of sp³-hybridized carbons (Fsp3) is 0. The summed E-state index contributed by atoms with van der Waals surface area (Å²) < 4.78 is 0. The zero-order chi connectivity index (χ0) is 9.42. The molecule has 0 aliphatic heterocycles. The minimum atomic E-state index is -0.476. The van der Waals surface area contributed by atoms with E-state index in [-0.39, 0.29) is 0 Å². The number of hydrogen-bond acceptors (Lipinski definition) is 2. The van der Waals surface area contributed by atoms with Crippen molar-refractivity contribution in [2.24, 2.45) is 5.73 Å².